The van der Waals surface area contributed by atoms with Crippen LogP contribution in [0.3, 0.4) is 0 Å². The van der Waals surface area contributed by atoms with E-state index in [2.05, 4.69) is 10.1 Å². The third-order valence-corrected chi connectivity index (χ3v) is 6.73. The zero-order chi connectivity index (χ0) is 25.2. The third kappa shape index (κ3) is 4.62. The van der Waals surface area contributed by atoms with Gasteiger partial charge in [-0.15, -0.1) is 0 Å². The third-order valence-electron chi connectivity index (χ3n) is 5.57. The van der Waals surface area contributed by atoms with E-state index in [1.807, 2.05) is 0 Å². The van der Waals surface area contributed by atoms with Crippen LogP contribution in [0.15, 0.2) is 89.0 Å². The maximum absolute atomic E-state index is 12.6. The van der Waals surface area contributed by atoms with Crippen LogP contribution in [0.25, 0.3) is 33.5 Å². The van der Waals surface area contributed by atoms with Crippen molar-refractivity contribution in [2.75, 3.05) is 12.0 Å². The van der Waals surface area contributed by atoms with E-state index in [1.165, 1.54) is 12.5 Å². The van der Waals surface area contributed by atoms with Crippen molar-refractivity contribution in [3.05, 3.63) is 90.1 Å². The maximum atomic E-state index is 12.6. The van der Waals surface area contributed by atoms with Crippen LogP contribution < -0.4 is 11.5 Å². The number of pyridine rings is 1. The number of sulfone groups is 1. The van der Waals surface area contributed by atoms with E-state index in [0.717, 1.165) is 0 Å². The zero-order valence-electron chi connectivity index (χ0n) is 18.7. The Bertz CT molecular complexity index is 1560. The van der Waals surface area contributed by atoms with Gasteiger partial charge in [0, 0.05) is 34.8 Å². The van der Waals surface area contributed by atoms with Gasteiger partial charge in [0.05, 0.1) is 22.4 Å². The number of nitrogens with two attached hydrogens (primary N) is 2. The van der Waals surface area contributed by atoms with Crippen LogP contribution in [0.2, 0.25) is 0 Å². The molecule has 0 radical (unpaired) electrons. The first kappa shape index (κ1) is 23.7. The number of carbonyl (C=O) groups excluding carboxylic acids is 1. The highest BCUT2D eigenvalue weighted by molar-refractivity contribution is 7.90. The molecule has 3 aromatic carbocycles. The first-order chi connectivity index (χ1) is 16.7. The van der Waals surface area contributed by atoms with E-state index >= 15 is 0 Å². The van der Waals surface area contributed by atoms with E-state index < -0.39 is 15.7 Å². The molecule has 5 N–H and O–H groups in total. The van der Waals surface area contributed by atoms with Crippen LogP contribution in [-0.4, -0.2) is 37.0 Å². The Morgan fingerprint density at radius 2 is 1.54 bits per heavy atom. The summed E-state index contributed by atoms with van der Waals surface area (Å²) in [6, 6.07) is 20.6. The summed E-state index contributed by atoms with van der Waals surface area (Å²) in [7, 11) is -3.42. The molecule has 0 fully saturated rings. The van der Waals surface area contributed by atoms with Gasteiger partial charge in [-0.2, -0.15) is 0 Å². The summed E-state index contributed by atoms with van der Waals surface area (Å²) in [5.41, 5.74) is 16.0. The number of oxime groups is 1. The first-order valence-electron chi connectivity index (χ1n) is 10.5. The van der Waals surface area contributed by atoms with Crippen molar-refractivity contribution < 1.29 is 18.4 Å². The van der Waals surface area contributed by atoms with Crippen LogP contribution in [0, 0.1) is 0 Å². The Kier molecular flexibility index (Phi) is 6.35. The number of benzene rings is 3. The van der Waals surface area contributed by atoms with Crippen molar-refractivity contribution in [1.82, 2.24) is 4.98 Å². The molecular weight excluding hydrogens is 464 g/mol. The standard InChI is InChI=1S/C26H22N4O4S/c1-35(33,34)23-8-3-2-5-18(23)16-9-11-17(12-10-16)19-13-14-29-25(24(19)26(28)31)20-6-4-7-22(27)21(20)15-30-32/h2-15,32H,27H2,1H3,(H2,28,31). The molecule has 0 bridgehead atoms. The first-order valence-corrected chi connectivity index (χ1v) is 12.4. The molecule has 8 nitrogen and oxygen atoms in total. The van der Waals surface area contributed by atoms with Gasteiger partial charge in [-0.25, -0.2) is 8.42 Å². The number of nitrogens with zero attached hydrogens (tertiary/aromatic N) is 2. The normalized spacial score (nSPS) is 11.6. The van der Waals surface area contributed by atoms with Crippen molar-refractivity contribution in [3.8, 4) is 33.5 Å². The molecule has 0 saturated carbocycles. The number of hydrogen-bond donors (Lipinski definition) is 3. The van der Waals surface area contributed by atoms with Gasteiger partial charge in [-0.05, 0) is 34.9 Å². The van der Waals surface area contributed by atoms with Crippen LogP contribution >= 0.6 is 0 Å². The highest BCUT2D eigenvalue weighted by Gasteiger charge is 2.21. The number of aromatic nitrogens is 1. The van der Waals surface area contributed by atoms with Crippen LogP contribution in [0.4, 0.5) is 5.69 Å². The lowest BCUT2D eigenvalue weighted by Crippen LogP contribution is -2.15. The number of anilines is 1. The molecular formula is C26H22N4O4S. The summed E-state index contributed by atoms with van der Waals surface area (Å²) in [5, 5.41) is 12.2. The minimum atomic E-state index is -3.42. The predicted molar refractivity (Wildman–Crippen MR) is 136 cm³/mol. The lowest BCUT2D eigenvalue weighted by Gasteiger charge is -2.15. The topological polar surface area (TPSA) is 149 Å². The monoisotopic (exact) mass is 486 g/mol. The van der Waals surface area contributed by atoms with E-state index in [4.69, 9.17) is 16.7 Å². The van der Waals surface area contributed by atoms with Crippen LogP contribution in [-0.2, 0) is 9.84 Å². The fourth-order valence-corrected chi connectivity index (χ4v) is 4.92. The van der Waals surface area contributed by atoms with E-state index in [-0.39, 0.29) is 10.5 Å². The molecule has 1 heterocycles. The van der Waals surface area contributed by atoms with Crippen molar-refractivity contribution in [1.29, 1.82) is 0 Å². The molecule has 0 aliphatic rings. The lowest BCUT2D eigenvalue weighted by atomic mass is 9.92. The van der Waals surface area contributed by atoms with Gasteiger partial charge in [0.1, 0.15) is 0 Å². The SMILES string of the molecule is CS(=O)(=O)c1ccccc1-c1ccc(-c2ccnc(-c3cccc(N)c3C=NO)c2C(N)=O)cc1. The summed E-state index contributed by atoms with van der Waals surface area (Å²) >= 11 is 0. The molecule has 4 rings (SSSR count). The molecule has 0 aliphatic heterocycles. The quantitative estimate of drug-likeness (QED) is 0.162. The van der Waals surface area contributed by atoms with Crippen LogP contribution in [0.1, 0.15) is 15.9 Å². The molecule has 0 aliphatic carbocycles. The van der Waals surface area contributed by atoms with Crippen molar-refractivity contribution in [3.63, 3.8) is 0 Å². The average molecular weight is 487 g/mol. The molecule has 176 valence electrons. The van der Waals surface area contributed by atoms with Gasteiger partial charge in [-0.1, -0.05) is 59.8 Å². The highest BCUT2D eigenvalue weighted by atomic mass is 32.2. The lowest BCUT2D eigenvalue weighted by molar-refractivity contribution is 0.100. The van der Waals surface area contributed by atoms with Crippen molar-refractivity contribution in [2.45, 2.75) is 4.90 Å². The second-order valence-electron chi connectivity index (χ2n) is 7.85. The molecule has 0 atom stereocenters. The Morgan fingerprint density at radius 1 is 0.914 bits per heavy atom. The molecule has 35 heavy (non-hydrogen) atoms. The fraction of sp³-hybridized carbons (Fsp3) is 0.0385. The summed E-state index contributed by atoms with van der Waals surface area (Å²) in [4.78, 5) is 17.2. The number of primary amides is 1. The molecule has 1 aromatic heterocycles. The number of nitrogen functional groups attached to an aromatic ring is 1. The number of amides is 1. The zero-order valence-corrected chi connectivity index (χ0v) is 19.5. The smallest absolute Gasteiger partial charge is 0.251 e. The van der Waals surface area contributed by atoms with E-state index in [1.54, 1.807) is 79.0 Å². The Balaban J connectivity index is 1.87. The minimum Gasteiger partial charge on any atom is -0.411 e. The predicted octanol–water partition coefficient (Wildman–Crippen LogP) is 3.98. The average Bonchev–Trinajstić information content (AvgIpc) is 2.84. The van der Waals surface area contributed by atoms with Gasteiger partial charge in [0.15, 0.2) is 9.84 Å². The van der Waals surface area contributed by atoms with Gasteiger partial charge < -0.3 is 16.7 Å². The van der Waals surface area contributed by atoms with Crippen molar-refractivity contribution in [2.24, 2.45) is 10.9 Å². The molecule has 1 amide bonds. The van der Waals surface area contributed by atoms with Crippen molar-refractivity contribution >= 4 is 27.6 Å². The molecule has 4 aromatic rings. The van der Waals surface area contributed by atoms with E-state index in [0.29, 0.717) is 44.8 Å². The second-order valence-corrected chi connectivity index (χ2v) is 9.83. The van der Waals surface area contributed by atoms with Gasteiger partial charge in [0.25, 0.3) is 5.91 Å². The number of carbonyl (C=O) groups is 1. The highest BCUT2D eigenvalue weighted by Crippen LogP contribution is 2.35. The maximum Gasteiger partial charge on any atom is 0.251 e. The molecule has 0 unspecified atom stereocenters. The number of rotatable bonds is 6. The largest absolute Gasteiger partial charge is 0.411 e. The summed E-state index contributed by atoms with van der Waals surface area (Å²) in [6.45, 7) is 0. The minimum absolute atomic E-state index is 0.176. The summed E-state index contributed by atoms with van der Waals surface area (Å²) < 4.78 is 24.4. The summed E-state index contributed by atoms with van der Waals surface area (Å²) in [5.74, 6) is -0.691. The summed E-state index contributed by atoms with van der Waals surface area (Å²) in [6.07, 6.45) is 3.90. The Hall–Kier alpha value is -4.50. The van der Waals surface area contributed by atoms with Gasteiger partial charge in [-0.3, -0.25) is 9.78 Å². The number of hydrogen-bond acceptors (Lipinski definition) is 7. The fourth-order valence-electron chi connectivity index (χ4n) is 4.01. The Morgan fingerprint density at radius 3 is 2.17 bits per heavy atom. The molecule has 9 heteroatoms. The second kappa shape index (κ2) is 9.40. The Labute approximate surface area is 202 Å². The van der Waals surface area contributed by atoms with Gasteiger partial charge >= 0.3 is 0 Å². The van der Waals surface area contributed by atoms with E-state index in [9.17, 15) is 13.2 Å². The molecule has 0 spiro atoms. The van der Waals surface area contributed by atoms with Gasteiger partial charge in [0.2, 0.25) is 0 Å². The van der Waals surface area contributed by atoms with Crippen LogP contribution in [0.5, 0.6) is 0 Å². The molecule has 0 saturated heterocycles.